The number of hydrogen-bond acceptors (Lipinski definition) is 4. The van der Waals surface area contributed by atoms with E-state index in [2.05, 4.69) is 25.8 Å². The van der Waals surface area contributed by atoms with Crippen LogP contribution in [0, 0.1) is 11.6 Å². The van der Waals surface area contributed by atoms with Gasteiger partial charge in [-0.05, 0) is 40.4 Å². The molecule has 0 atom stereocenters. The van der Waals surface area contributed by atoms with Gasteiger partial charge in [-0.3, -0.25) is 4.72 Å². The molecule has 2 aromatic heterocycles. The van der Waals surface area contributed by atoms with Gasteiger partial charge in [0, 0.05) is 17.2 Å². The smallest absolute Gasteiger partial charge is 0.265 e. The molecule has 126 valence electrons. The minimum Gasteiger partial charge on any atom is -0.276 e. The van der Waals surface area contributed by atoms with Crippen LogP contribution < -0.4 is 4.72 Å². The van der Waals surface area contributed by atoms with E-state index < -0.39 is 27.3 Å². The van der Waals surface area contributed by atoms with E-state index in [1.165, 1.54) is 16.3 Å². The molecule has 0 aliphatic rings. The molecule has 0 aliphatic heterocycles. The lowest BCUT2D eigenvalue weighted by atomic mass is 10.3. The Balaban J connectivity index is 2.04. The maximum atomic E-state index is 13.9. The molecule has 3 aromatic rings. The molecule has 0 saturated carbocycles. The molecule has 1 aromatic carbocycles. The van der Waals surface area contributed by atoms with Crippen molar-refractivity contribution in [3.63, 3.8) is 0 Å². The van der Waals surface area contributed by atoms with Gasteiger partial charge in [0.15, 0.2) is 0 Å². The number of nitrogens with one attached hydrogen (secondary N) is 1. The molecule has 0 unspecified atom stereocenters. The van der Waals surface area contributed by atoms with E-state index in [0.29, 0.717) is 5.52 Å². The van der Waals surface area contributed by atoms with Crippen molar-refractivity contribution >= 4 is 48.9 Å². The second kappa shape index (κ2) is 6.34. The molecule has 1 N–H and O–H groups in total. The lowest BCUT2D eigenvalue weighted by Crippen LogP contribution is -2.14. The number of fused-ring (bicyclic) bond motifs is 1. The van der Waals surface area contributed by atoms with Crippen LogP contribution in [0.15, 0.2) is 50.9 Å². The fraction of sp³-hybridized carbons (Fsp3) is 0.0714. The SMILES string of the molecule is CSc1ccc2c(S(=O)(=O)Nc3cc(F)c(Br)cc3F)cnn2c1. The fourth-order valence-electron chi connectivity index (χ4n) is 2.07. The van der Waals surface area contributed by atoms with Crippen LogP contribution >= 0.6 is 27.7 Å². The van der Waals surface area contributed by atoms with E-state index in [1.54, 1.807) is 18.3 Å². The van der Waals surface area contributed by atoms with E-state index in [0.717, 1.165) is 23.2 Å². The molecule has 0 fully saturated rings. The van der Waals surface area contributed by atoms with E-state index in [1.807, 2.05) is 6.26 Å². The van der Waals surface area contributed by atoms with Crippen molar-refractivity contribution < 1.29 is 17.2 Å². The second-order valence-corrected chi connectivity index (χ2v) is 8.14. The van der Waals surface area contributed by atoms with Gasteiger partial charge in [-0.1, -0.05) is 0 Å². The molecule has 5 nitrogen and oxygen atoms in total. The van der Waals surface area contributed by atoms with Gasteiger partial charge < -0.3 is 0 Å². The quantitative estimate of drug-likeness (QED) is 0.500. The highest BCUT2D eigenvalue weighted by molar-refractivity contribution is 9.10. The van der Waals surface area contributed by atoms with Crippen molar-refractivity contribution in [3.8, 4) is 0 Å². The third-order valence-corrected chi connectivity index (χ3v) is 5.94. The Morgan fingerprint density at radius 1 is 1.25 bits per heavy atom. The molecule has 3 rings (SSSR count). The number of rotatable bonds is 4. The van der Waals surface area contributed by atoms with Crippen LogP contribution in [0.1, 0.15) is 0 Å². The fourth-order valence-corrected chi connectivity index (χ4v) is 3.97. The van der Waals surface area contributed by atoms with Crippen LogP contribution in [0.3, 0.4) is 0 Å². The van der Waals surface area contributed by atoms with E-state index in [4.69, 9.17) is 0 Å². The molecule has 0 aliphatic carbocycles. The third kappa shape index (κ3) is 3.13. The number of sulfonamides is 1. The molecule has 0 spiro atoms. The molecular weight excluding hydrogens is 424 g/mol. The number of nitrogens with zero attached hydrogens (tertiary/aromatic N) is 2. The van der Waals surface area contributed by atoms with Crippen LogP contribution in [0.2, 0.25) is 0 Å². The summed E-state index contributed by atoms with van der Waals surface area (Å²) >= 11 is 4.32. The molecule has 0 amide bonds. The van der Waals surface area contributed by atoms with Crippen LogP contribution in [-0.2, 0) is 10.0 Å². The van der Waals surface area contributed by atoms with Crippen LogP contribution in [0.4, 0.5) is 14.5 Å². The Morgan fingerprint density at radius 2 is 2.00 bits per heavy atom. The summed E-state index contributed by atoms with van der Waals surface area (Å²) in [5.41, 5.74) is -0.144. The number of aromatic nitrogens is 2. The summed E-state index contributed by atoms with van der Waals surface area (Å²) in [5.74, 6) is -1.67. The minimum atomic E-state index is -4.13. The molecule has 10 heteroatoms. The zero-order valence-corrected chi connectivity index (χ0v) is 15.3. The summed E-state index contributed by atoms with van der Waals surface area (Å²) in [4.78, 5) is 0.779. The first-order valence-corrected chi connectivity index (χ1v) is 10.0. The zero-order valence-electron chi connectivity index (χ0n) is 12.1. The van der Waals surface area contributed by atoms with E-state index in [9.17, 15) is 17.2 Å². The minimum absolute atomic E-state index is 0.0940. The van der Waals surface area contributed by atoms with Crippen molar-refractivity contribution in [2.45, 2.75) is 9.79 Å². The van der Waals surface area contributed by atoms with Gasteiger partial charge in [-0.15, -0.1) is 11.8 Å². The first-order chi connectivity index (χ1) is 11.3. The van der Waals surface area contributed by atoms with Crippen LogP contribution in [0.5, 0.6) is 0 Å². The van der Waals surface area contributed by atoms with Crippen LogP contribution in [-0.4, -0.2) is 24.3 Å². The van der Waals surface area contributed by atoms with Crippen molar-refractivity contribution in [2.24, 2.45) is 0 Å². The van der Waals surface area contributed by atoms with Gasteiger partial charge >= 0.3 is 0 Å². The van der Waals surface area contributed by atoms with Crippen molar-refractivity contribution in [3.05, 3.63) is 52.8 Å². The topological polar surface area (TPSA) is 63.5 Å². The summed E-state index contributed by atoms with van der Waals surface area (Å²) in [6.07, 6.45) is 4.72. The van der Waals surface area contributed by atoms with Gasteiger partial charge in [0.05, 0.1) is 21.9 Å². The van der Waals surface area contributed by atoms with Crippen molar-refractivity contribution in [2.75, 3.05) is 11.0 Å². The molecule has 0 radical (unpaired) electrons. The molecular formula is C14H10BrF2N3O2S2. The second-order valence-electron chi connectivity index (χ2n) is 4.76. The predicted molar refractivity (Wildman–Crippen MR) is 91.8 cm³/mol. The molecule has 0 saturated heterocycles. The maximum absolute atomic E-state index is 13.9. The lowest BCUT2D eigenvalue weighted by molar-refractivity contribution is 0.592. The Bertz CT molecular complexity index is 1040. The number of halogens is 3. The maximum Gasteiger partial charge on any atom is 0.265 e. The normalized spacial score (nSPS) is 11.8. The first kappa shape index (κ1) is 17.2. The highest BCUT2D eigenvalue weighted by atomic mass is 79.9. The third-order valence-electron chi connectivity index (χ3n) is 3.23. The Morgan fingerprint density at radius 3 is 2.71 bits per heavy atom. The van der Waals surface area contributed by atoms with Gasteiger partial charge in [0.25, 0.3) is 10.0 Å². The van der Waals surface area contributed by atoms with E-state index >= 15 is 0 Å². The molecule has 0 bridgehead atoms. The summed E-state index contributed by atoms with van der Waals surface area (Å²) in [6, 6.07) is 4.98. The highest BCUT2D eigenvalue weighted by Gasteiger charge is 2.22. The average molecular weight is 434 g/mol. The van der Waals surface area contributed by atoms with Crippen molar-refractivity contribution in [1.82, 2.24) is 9.61 Å². The number of hydrogen-bond donors (Lipinski definition) is 1. The Hall–Kier alpha value is -1.65. The molecule has 24 heavy (non-hydrogen) atoms. The van der Waals surface area contributed by atoms with Crippen molar-refractivity contribution in [1.29, 1.82) is 0 Å². The Labute approximate surface area is 149 Å². The standard InChI is InChI=1S/C14H10BrF2N3O2S2/c1-23-8-2-3-13-14(6-18-20(13)7-8)24(21,22)19-12-5-10(16)9(15)4-11(12)17/h2-7,19H,1H3. The van der Waals surface area contributed by atoms with Gasteiger partial charge in [0.2, 0.25) is 0 Å². The largest absolute Gasteiger partial charge is 0.276 e. The monoisotopic (exact) mass is 433 g/mol. The first-order valence-electron chi connectivity index (χ1n) is 6.50. The zero-order chi connectivity index (χ0) is 17.5. The number of benzene rings is 1. The average Bonchev–Trinajstić information content (AvgIpc) is 2.96. The van der Waals surface area contributed by atoms with Crippen LogP contribution in [0.25, 0.3) is 5.52 Å². The van der Waals surface area contributed by atoms with E-state index in [-0.39, 0.29) is 9.37 Å². The highest BCUT2D eigenvalue weighted by Crippen LogP contribution is 2.27. The summed E-state index contributed by atoms with van der Waals surface area (Å²) in [5, 5.41) is 4.00. The number of thioether (sulfide) groups is 1. The summed E-state index contributed by atoms with van der Waals surface area (Å²) in [6.45, 7) is 0. The van der Waals surface area contributed by atoms with Gasteiger partial charge in [-0.2, -0.15) is 5.10 Å². The predicted octanol–water partition coefficient (Wildman–Crippen LogP) is 3.90. The lowest BCUT2D eigenvalue weighted by Gasteiger charge is -2.09. The number of pyridine rings is 1. The van der Waals surface area contributed by atoms with Gasteiger partial charge in [0.1, 0.15) is 16.5 Å². The Kier molecular flexibility index (Phi) is 4.54. The van der Waals surface area contributed by atoms with Gasteiger partial charge in [-0.25, -0.2) is 21.7 Å². The molecule has 2 heterocycles. The number of anilines is 1. The summed E-state index contributed by atoms with van der Waals surface area (Å²) in [7, 11) is -4.13. The summed E-state index contributed by atoms with van der Waals surface area (Å²) < 4.78 is 55.8.